The number of aryl methyl sites for hydroxylation is 1. The fourth-order valence-electron chi connectivity index (χ4n) is 1.53. The molecule has 0 spiro atoms. The average Bonchev–Trinajstić information content (AvgIpc) is 2.42. The molecule has 1 aromatic rings. The minimum atomic E-state index is -0.302. The topological polar surface area (TPSA) is 71.7 Å². The minimum absolute atomic E-state index is 0.302. The first kappa shape index (κ1) is 16.9. The molecule has 0 aromatic heterocycles. The van der Waals surface area contributed by atoms with Gasteiger partial charge in [0.05, 0.1) is 4.47 Å². The van der Waals surface area contributed by atoms with Gasteiger partial charge in [0.15, 0.2) is 0 Å². The molecule has 0 saturated carbocycles. The van der Waals surface area contributed by atoms with E-state index >= 15 is 0 Å². The zero-order valence-corrected chi connectivity index (χ0v) is 13.3. The van der Waals surface area contributed by atoms with Crippen LogP contribution >= 0.6 is 15.9 Å². The SMILES string of the molecule is CCOCCCN=C(NN)Nc1cc(Br)c(F)cc1C. The number of ether oxygens (including phenoxy) is 1. The maximum Gasteiger partial charge on any atom is 0.210 e. The number of aliphatic imine (C=N–C) groups is 1. The zero-order valence-electron chi connectivity index (χ0n) is 11.7. The molecule has 1 rings (SSSR count). The van der Waals surface area contributed by atoms with Crippen LogP contribution in [0, 0.1) is 12.7 Å². The van der Waals surface area contributed by atoms with Crippen molar-refractivity contribution in [1.82, 2.24) is 5.43 Å². The molecule has 5 nitrogen and oxygen atoms in total. The van der Waals surface area contributed by atoms with Gasteiger partial charge < -0.3 is 10.1 Å². The number of benzene rings is 1. The van der Waals surface area contributed by atoms with Gasteiger partial charge in [-0.1, -0.05) is 0 Å². The number of anilines is 1. The van der Waals surface area contributed by atoms with Gasteiger partial charge in [-0.3, -0.25) is 10.4 Å². The van der Waals surface area contributed by atoms with Crippen molar-refractivity contribution in [3.8, 4) is 0 Å². The predicted octanol–water partition coefficient (Wildman–Crippen LogP) is 2.55. The summed E-state index contributed by atoms with van der Waals surface area (Å²) < 4.78 is 19.0. The third-order valence-corrected chi connectivity index (χ3v) is 3.19. The van der Waals surface area contributed by atoms with Crippen molar-refractivity contribution >= 4 is 27.6 Å². The monoisotopic (exact) mass is 346 g/mol. The number of hydrogen-bond acceptors (Lipinski definition) is 3. The Morgan fingerprint density at radius 1 is 1.50 bits per heavy atom. The van der Waals surface area contributed by atoms with Gasteiger partial charge in [0.2, 0.25) is 5.96 Å². The van der Waals surface area contributed by atoms with Crippen molar-refractivity contribution in [1.29, 1.82) is 0 Å². The second-order valence-corrected chi connectivity index (χ2v) is 4.99. The second kappa shape index (κ2) is 8.89. The van der Waals surface area contributed by atoms with Crippen LogP contribution in [0.4, 0.5) is 10.1 Å². The highest BCUT2D eigenvalue weighted by atomic mass is 79.9. The fourth-order valence-corrected chi connectivity index (χ4v) is 1.87. The van der Waals surface area contributed by atoms with E-state index in [1.54, 1.807) is 13.0 Å². The minimum Gasteiger partial charge on any atom is -0.382 e. The standard InChI is InChI=1S/C13H20BrFN4O/c1-3-20-6-4-5-17-13(19-16)18-12-8-10(14)11(15)7-9(12)2/h7-8H,3-6,16H2,1-2H3,(H2,17,18,19). The molecule has 112 valence electrons. The molecule has 4 N–H and O–H groups in total. The van der Waals surface area contributed by atoms with Crippen LogP contribution in [0.15, 0.2) is 21.6 Å². The maximum absolute atomic E-state index is 13.3. The van der Waals surface area contributed by atoms with E-state index in [9.17, 15) is 4.39 Å². The lowest BCUT2D eigenvalue weighted by atomic mass is 10.2. The lowest BCUT2D eigenvalue weighted by molar-refractivity contribution is 0.146. The van der Waals surface area contributed by atoms with Gasteiger partial charge in [0, 0.05) is 25.4 Å². The molecule has 0 amide bonds. The van der Waals surface area contributed by atoms with E-state index in [1.165, 1.54) is 6.07 Å². The normalized spacial score (nSPS) is 11.6. The number of rotatable bonds is 6. The van der Waals surface area contributed by atoms with Gasteiger partial charge in [-0.15, -0.1) is 0 Å². The first-order valence-electron chi connectivity index (χ1n) is 6.40. The maximum atomic E-state index is 13.3. The summed E-state index contributed by atoms with van der Waals surface area (Å²) in [6.07, 6.45) is 0.812. The van der Waals surface area contributed by atoms with E-state index in [0.29, 0.717) is 30.2 Å². The summed E-state index contributed by atoms with van der Waals surface area (Å²) in [5.74, 6) is 5.55. The molecule has 20 heavy (non-hydrogen) atoms. The number of hydrogen-bond donors (Lipinski definition) is 3. The van der Waals surface area contributed by atoms with Gasteiger partial charge in [0.1, 0.15) is 5.82 Å². The molecule has 0 aliphatic heterocycles. The van der Waals surface area contributed by atoms with Crippen LogP contribution in [0.5, 0.6) is 0 Å². The van der Waals surface area contributed by atoms with Gasteiger partial charge in [-0.2, -0.15) is 0 Å². The third-order valence-electron chi connectivity index (χ3n) is 2.58. The molecular weight excluding hydrogens is 327 g/mol. The summed E-state index contributed by atoms with van der Waals surface area (Å²) in [5.41, 5.74) is 3.99. The molecule has 0 aliphatic carbocycles. The van der Waals surface area contributed by atoms with Crippen molar-refractivity contribution in [2.75, 3.05) is 25.1 Å². The molecule has 0 fully saturated rings. The predicted molar refractivity (Wildman–Crippen MR) is 83.2 cm³/mol. The van der Waals surface area contributed by atoms with E-state index in [1.807, 2.05) is 6.92 Å². The van der Waals surface area contributed by atoms with E-state index in [4.69, 9.17) is 10.6 Å². The Morgan fingerprint density at radius 3 is 2.90 bits per heavy atom. The Labute approximate surface area is 126 Å². The van der Waals surface area contributed by atoms with Crippen LogP contribution < -0.4 is 16.6 Å². The number of halogens is 2. The number of nitrogens with one attached hydrogen (secondary N) is 2. The zero-order chi connectivity index (χ0) is 15.0. The fraction of sp³-hybridized carbons (Fsp3) is 0.462. The Morgan fingerprint density at radius 2 is 2.25 bits per heavy atom. The number of nitrogens with two attached hydrogens (primary N) is 1. The van der Waals surface area contributed by atoms with Crippen LogP contribution in [0.1, 0.15) is 18.9 Å². The number of nitrogens with zero attached hydrogens (tertiary/aromatic N) is 1. The highest BCUT2D eigenvalue weighted by molar-refractivity contribution is 9.10. The molecule has 0 bridgehead atoms. The summed E-state index contributed by atoms with van der Waals surface area (Å²) in [5, 5.41) is 3.03. The average molecular weight is 347 g/mol. The first-order valence-corrected chi connectivity index (χ1v) is 7.19. The van der Waals surface area contributed by atoms with Crippen LogP contribution in [0.2, 0.25) is 0 Å². The second-order valence-electron chi connectivity index (χ2n) is 4.13. The molecule has 0 aliphatic rings. The molecule has 0 unspecified atom stereocenters. The summed E-state index contributed by atoms with van der Waals surface area (Å²) in [4.78, 5) is 4.28. The summed E-state index contributed by atoms with van der Waals surface area (Å²) in [6.45, 7) is 5.72. The van der Waals surface area contributed by atoms with Crippen molar-refractivity contribution in [3.05, 3.63) is 28.0 Å². The lowest BCUT2D eigenvalue weighted by Gasteiger charge is -2.12. The molecule has 0 atom stereocenters. The first-order chi connectivity index (χ1) is 9.58. The molecule has 0 saturated heterocycles. The Hall–Kier alpha value is -1.18. The number of guanidine groups is 1. The van der Waals surface area contributed by atoms with Crippen molar-refractivity contribution < 1.29 is 9.13 Å². The van der Waals surface area contributed by atoms with E-state index in [2.05, 4.69) is 31.7 Å². The Bertz CT molecular complexity index is 468. The molecule has 0 radical (unpaired) electrons. The number of hydrazine groups is 1. The van der Waals surface area contributed by atoms with Crippen LogP contribution in [0.25, 0.3) is 0 Å². The molecular formula is C13H20BrFN4O. The van der Waals surface area contributed by atoms with Crippen LogP contribution in [-0.4, -0.2) is 25.7 Å². The van der Waals surface area contributed by atoms with E-state index in [0.717, 1.165) is 17.7 Å². The Kier molecular flexibility index (Phi) is 7.50. The lowest BCUT2D eigenvalue weighted by Crippen LogP contribution is -2.36. The summed E-state index contributed by atoms with van der Waals surface area (Å²) in [6, 6.07) is 3.09. The van der Waals surface area contributed by atoms with Crippen molar-refractivity contribution in [2.24, 2.45) is 10.8 Å². The van der Waals surface area contributed by atoms with Crippen molar-refractivity contribution in [3.63, 3.8) is 0 Å². The summed E-state index contributed by atoms with van der Waals surface area (Å²) in [7, 11) is 0. The molecule has 0 heterocycles. The van der Waals surface area contributed by atoms with E-state index < -0.39 is 0 Å². The smallest absolute Gasteiger partial charge is 0.210 e. The van der Waals surface area contributed by atoms with Gasteiger partial charge >= 0.3 is 0 Å². The highest BCUT2D eigenvalue weighted by Crippen LogP contribution is 2.24. The highest BCUT2D eigenvalue weighted by Gasteiger charge is 2.06. The van der Waals surface area contributed by atoms with Crippen LogP contribution in [0.3, 0.4) is 0 Å². The van der Waals surface area contributed by atoms with Crippen molar-refractivity contribution in [2.45, 2.75) is 20.3 Å². The van der Waals surface area contributed by atoms with E-state index in [-0.39, 0.29) is 5.82 Å². The van der Waals surface area contributed by atoms with Crippen LogP contribution in [-0.2, 0) is 4.74 Å². The Balaban J connectivity index is 2.64. The third kappa shape index (κ3) is 5.44. The summed E-state index contributed by atoms with van der Waals surface area (Å²) >= 11 is 3.15. The largest absolute Gasteiger partial charge is 0.382 e. The molecule has 1 aromatic carbocycles. The quantitative estimate of drug-likeness (QED) is 0.243. The van der Waals surface area contributed by atoms with Gasteiger partial charge in [-0.05, 0) is 53.9 Å². The van der Waals surface area contributed by atoms with Gasteiger partial charge in [-0.25, -0.2) is 10.2 Å². The molecule has 7 heteroatoms. The van der Waals surface area contributed by atoms with Gasteiger partial charge in [0.25, 0.3) is 0 Å².